The van der Waals surface area contributed by atoms with Gasteiger partial charge in [0.1, 0.15) is 29.7 Å². The van der Waals surface area contributed by atoms with Gasteiger partial charge in [-0.15, -0.1) is 0 Å². The van der Waals surface area contributed by atoms with Gasteiger partial charge in [0.05, 0.1) is 28.2 Å². The molecule has 6 rings (SSSR count). The molecule has 0 spiro atoms. The molecule has 13 heteroatoms. The maximum absolute atomic E-state index is 15.4. The number of fused-ring (bicyclic) bond motifs is 4. The molecule has 0 saturated carbocycles. The number of pyridine rings is 1. The Bertz CT molecular complexity index is 1430. The molecule has 0 aromatic carbocycles. The third-order valence-corrected chi connectivity index (χ3v) is 8.97. The Morgan fingerprint density at radius 1 is 1.21 bits per heavy atom. The highest BCUT2D eigenvalue weighted by atomic mass is 19.3. The van der Waals surface area contributed by atoms with Crippen molar-refractivity contribution in [2.24, 2.45) is 0 Å². The number of hydrogen-bond donors (Lipinski definition) is 0. The van der Waals surface area contributed by atoms with E-state index in [1.54, 1.807) is 25.7 Å². The summed E-state index contributed by atoms with van der Waals surface area (Å²) in [6, 6.07) is -0.526. The van der Waals surface area contributed by atoms with Gasteiger partial charge in [-0.3, -0.25) is 14.8 Å². The van der Waals surface area contributed by atoms with Gasteiger partial charge in [0.25, 0.3) is 6.08 Å². The van der Waals surface area contributed by atoms with E-state index in [2.05, 4.69) is 19.9 Å². The van der Waals surface area contributed by atoms with Gasteiger partial charge in [0.15, 0.2) is 5.82 Å². The third kappa shape index (κ3) is 5.03. The van der Waals surface area contributed by atoms with Gasteiger partial charge in [-0.1, -0.05) is 0 Å². The number of alkyl halides is 1. The van der Waals surface area contributed by atoms with Crippen LogP contribution in [0.3, 0.4) is 0 Å². The van der Waals surface area contributed by atoms with E-state index in [1.807, 2.05) is 0 Å². The lowest BCUT2D eigenvalue weighted by Gasteiger charge is -2.47. The van der Waals surface area contributed by atoms with Crippen molar-refractivity contribution in [3.05, 3.63) is 29.9 Å². The molecule has 4 saturated heterocycles. The van der Waals surface area contributed by atoms with Crippen LogP contribution in [-0.2, 0) is 4.74 Å². The number of aryl methyl sites for hydroxylation is 1. The maximum Gasteiger partial charge on any atom is 0.411 e. The van der Waals surface area contributed by atoms with Crippen LogP contribution in [0.1, 0.15) is 58.6 Å². The van der Waals surface area contributed by atoms with E-state index in [0.717, 1.165) is 25.5 Å². The first-order chi connectivity index (χ1) is 19.8. The average molecular weight is 593 g/mol. The van der Waals surface area contributed by atoms with Crippen molar-refractivity contribution in [2.45, 2.75) is 88.7 Å². The fourth-order valence-electron chi connectivity index (χ4n) is 7.27. The first-order valence-electron chi connectivity index (χ1n) is 14.5. The second kappa shape index (κ2) is 10.2. The molecule has 6 heterocycles. The lowest BCUT2D eigenvalue weighted by molar-refractivity contribution is 0.00167. The first-order valence-corrected chi connectivity index (χ1v) is 14.5. The molecule has 4 aliphatic heterocycles. The summed E-state index contributed by atoms with van der Waals surface area (Å²) in [5, 5.41) is 0.306. The van der Waals surface area contributed by atoms with Gasteiger partial charge in [-0.25, -0.2) is 13.6 Å². The fourth-order valence-corrected chi connectivity index (χ4v) is 7.27. The molecular formula is C29H36F4N6O3. The highest BCUT2D eigenvalue weighted by Gasteiger charge is 2.55. The van der Waals surface area contributed by atoms with Crippen molar-refractivity contribution in [1.29, 1.82) is 0 Å². The first kappa shape index (κ1) is 28.9. The molecule has 4 aliphatic rings. The Hall–Kier alpha value is -3.22. The number of amides is 1. The van der Waals surface area contributed by atoms with Crippen molar-refractivity contribution in [2.75, 3.05) is 37.7 Å². The lowest BCUT2D eigenvalue weighted by Crippen LogP contribution is -2.63. The standard InChI is InChI=1S/C29H36F4N6O3/c1-17-22(33)23-20(12-34-17)24(36-25(35-23)41-16-29-7-5-9-38(29)13-18(30)10-29)37-14-19-6-8-28(15-37,11-21(31)32)39(19)26(40)42-27(2,3)4/h11-12,18-19H,5-10,13-16H2,1-4H3/t18?,19?,28?,29-/m0/s1. The van der Waals surface area contributed by atoms with Gasteiger partial charge in [0, 0.05) is 38.3 Å². The largest absolute Gasteiger partial charge is 0.461 e. The zero-order valence-electron chi connectivity index (χ0n) is 24.3. The van der Waals surface area contributed by atoms with Gasteiger partial charge < -0.3 is 14.4 Å². The summed E-state index contributed by atoms with van der Waals surface area (Å²) in [4.78, 5) is 31.7. The summed E-state index contributed by atoms with van der Waals surface area (Å²) in [5.41, 5.74) is -2.48. The molecule has 1 amide bonds. The van der Waals surface area contributed by atoms with Gasteiger partial charge in [0.2, 0.25) is 0 Å². The van der Waals surface area contributed by atoms with E-state index in [4.69, 9.17) is 9.47 Å². The molecule has 4 atom stereocenters. The number of piperazine rings is 1. The number of anilines is 1. The topological polar surface area (TPSA) is 83.9 Å². The number of hydrogen-bond acceptors (Lipinski definition) is 8. The number of halogens is 4. The fraction of sp³-hybridized carbons (Fsp3) is 0.655. The van der Waals surface area contributed by atoms with Gasteiger partial charge in [-0.05, 0) is 59.9 Å². The SMILES string of the molecule is Cc1ncc2c(N3CC4CCC(C=C(F)F)(C3)N4C(=O)OC(C)(C)C)nc(OC[C@@]34CCCN3CC(F)C4)nc2c1F. The molecule has 2 bridgehead atoms. The van der Waals surface area contributed by atoms with E-state index >= 15 is 4.39 Å². The van der Waals surface area contributed by atoms with Crippen molar-refractivity contribution >= 4 is 22.8 Å². The summed E-state index contributed by atoms with van der Waals surface area (Å²) in [6.07, 6.45) is 1.61. The van der Waals surface area contributed by atoms with E-state index in [0.29, 0.717) is 31.2 Å². The molecule has 2 aromatic heterocycles. The molecule has 0 radical (unpaired) electrons. The summed E-state index contributed by atoms with van der Waals surface area (Å²) in [5.74, 6) is -0.351. The maximum atomic E-state index is 15.4. The number of carbonyl (C=O) groups excluding carboxylic acids is 1. The molecule has 3 unspecified atom stereocenters. The minimum Gasteiger partial charge on any atom is -0.461 e. The van der Waals surface area contributed by atoms with Crippen LogP contribution in [0.2, 0.25) is 0 Å². The zero-order chi connectivity index (χ0) is 30.0. The van der Waals surface area contributed by atoms with Crippen molar-refractivity contribution in [1.82, 2.24) is 24.8 Å². The minimum atomic E-state index is -1.91. The molecule has 228 valence electrons. The normalized spacial score (nSPS) is 29.2. The van der Waals surface area contributed by atoms with Crippen LogP contribution >= 0.6 is 0 Å². The Morgan fingerprint density at radius 3 is 2.74 bits per heavy atom. The third-order valence-electron chi connectivity index (χ3n) is 8.97. The highest BCUT2D eigenvalue weighted by molar-refractivity contribution is 5.90. The average Bonchev–Trinajstić information content (AvgIpc) is 3.49. The van der Waals surface area contributed by atoms with Crippen molar-refractivity contribution in [3.8, 4) is 6.01 Å². The minimum absolute atomic E-state index is 0.00116. The number of rotatable bonds is 5. The van der Waals surface area contributed by atoms with Crippen LogP contribution in [0.15, 0.2) is 18.4 Å². The molecule has 4 fully saturated rings. The molecule has 2 aromatic rings. The summed E-state index contributed by atoms with van der Waals surface area (Å²) < 4.78 is 69.2. The van der Waals surface area contributed by atoms with Gasteiger partial charge >= 0.3 is 12.1 Å². The van der Waals surface area contributed by atoms with Crippen molar-refractivity contribution in [3.63, 3.8) is 0 Å². The van der Waals surface area contributed by atoms with Gasteiger partial charge in [-0.2, -0.15) is 18.7 Å². The van der Waals surface area contributed by atoms with Crippen LogP contribution in [-0.4, -0.2) is 92.5 Å². The van der Waals surface area contributed by atoms with E-state index in [9.17, 15) is 18.0 Å². The number of aromatic nitrogens is 3. The Labute approximate surface area is 241 Å². The Morgan fingerprint density at radius 2 is 2.00 bits per heavy atom. The number of nitrogens with zero attached hydrogens (tertiary/aromatic N) is 6. The van der Waals surface area contributed by atoms with E-state index < -0.39 is 46.9 Å². The van der Waals surface area contributed by atoms with E-state index in [1.165, 1.54) is 18.0 Å². The van der Waals surface area contributed by atoms with Crippen LogP contribution in [0.4, 0.5) is 28.2 Å². The smallest absolute Gasteiger partial charge is 0.411 e. The number of carbonyl (C=O) groups is 1. The zero-order valence-corrected chi connectivity index (χ0v) is 24.3. The second-order valence-corrected chi connectivity index (χ2v) is 13.1. The van der Waals surface area contributed by atoms with Crippen LogP contribution < -0.4 is 9.64 Å². The van der Waals surface area contributed by atoms with Crippen LogP contribution in [0.25, 0.3) is 10.9 Å². The predicted octanol–water partition coefficient (Wildman–Crippen LogP) is 5.17. The van der Waals surface area contributed by atoms with Crippen LogP contribution in [0, 0.1) is 12.7 Å². The van der Waals surface area contributed by atoms with Crippen molar-refractivity contribution < 1.29 is 31.8 Å². The molecule has 0 N–H and O–H groups in total. The predicted molar refractivity (Wildman–Crippen MR) is 147 cm³/mol. The molecule has 9 nitrogen and oxygen atoms in total. The lowest BCUT2D eigenvalue weighted by atomic mass is 9.94. The number of ether oxygens (including phenoxy) is 2. The monoisotopic (exact) mass is 592 g/mol. The summed E-state index contributed by atoms with van der Waals surface area (Å²) in [7, 11) is 0. The summed E-state index contributed by atoms with van der Waals surface area (Å²) >= 11 is 0. The molecule has 42 heavy (non-hydrogen) atoms. The second-order valence-electron chi connectivity index (χ2n) is 13.1. The Balaban J connectivity index is 1.37. The quantitative estimate of drug-likeness (QED) is 0.440. The highest BCUT2D eigenvalue weighted by Crippen LogP contribution is 2.45. The molecular weight excluding hydrogens is 556 g/mol. The Kier molecular flexibility index (Phi) is 7.01. The summed E-state index contributed by atoms with van der Waals surface area (Å²) in [6.45, 7) is 8.23. The van der Waals surface area contributed by atoms with E-state index in [-0.39, 0.29) is 42.7 Å². The van der Waals surface area contributed by atoms with Crippen LogP contribution in [0.5, 0.6) is 6.01 Å². The molecule has 0 aliphatic carbocycles.